The van der Waals surface area contributed by atoms with E-state index < -0.39 is 0 Å². The van der Waals surface area contributed by atoms with Crippen molar-refractivity contribution in [3.8, 4) is 0 Å². The van der Waals surface area contributed by atoms with Crippen LogP contribution in [0.1, 0.15) is 50.1 Å². The maximum Gasteiger partial charge on any atom is 0.224 e. The van der Waals surface area contributed by atoms with Gasteiger partial charge in [0.25, 0.3) is 0 Å². The highest BCUT2D eigenvalue weighted by Crippen LogP contribution is 2.24. The Morgan fingerprint density at radius 2 is 2.00 bits per heavy atom. The Kier molecular flexibility index (Phi) is 5.49. The van der Waals surface area contributed by atoms with E-state index in [1.807, 2.05) is 32.0 Å². The molecule has 2 aromatic rings. The van der Waals surface area contributed by atoms with Crippen LogP contribution in [0, 0.1) is 17.4 Å². The van der Waals surface area contributed by atoms with E-state index in [9.17, 15) is 4.79 Å². The number of rotatable bonds is 4. The number of carbonyl (C=O) groups excluding carboxylic acids is 1. The summed E-state index contributed by atoms with van der Waals surface area (Å²) in [5.41, 5.74) is 2.67. The lowest BCUT2D eigenvalue weighted by Gasteiger charge is -2.12. The molecule has 0 aliphatic carbocycles. The van der Waals surface area contributed by atoms with Crippen LogP contribution in [0.2, 0.25) is 0 Å². The van der Waals surface area contributed by atoms with E-state index in [0.717, 1.165) is 32.2 Å². The van der Waals surface area contributed by atoms with Crippen molar-refractivity contribution in [3.05, 3.63) is 44.7 Å². The Morgan fingerprint density at radius 1 is 1.30 bits per heavy atom. The van der Waals surface area contributed by atoms with Crippen LogP contribution < -0.4 is 5.32 Å². The second-order valence-electron chi connectivity index (χ2n) is 6.79. The van der Waals surface area contributed by atoms with Gasteiger partial charge < -0.3 is 9.73 Å². The maximum absolute atomic E-state index is 12.2. The van der Waals surface area contributed by atoms with Crippen LogP contribution >= 0.6 is 22.6 Å². The Bertz CT molecular complexity index is 714. The first-order valence-electron chi connectivity index (χ1n) is 7.69. The average Bonchev–Trinajstić information content (AvgIpc) is 2.81. The highest BCUT2D eigenvalue weighted by Gasteiger charge is 2.22. The number of amides is 1. The summed E-state index contributed by atoms with van der Waals surface area (Å²) in [5.74, 6) is 1.51. The third kappa shape index (κ3) is 4.80. The molecule has 1 amide bonds. The van der Waals surface area contributed by atoms with Crippen LogP contribution in [0.5, 0.6) is 0 Å². The molecule has 0 aliphatic rings. The minimum Gasteiger partial charge on any atom is -0.445 e. The molecule has 0 bridgehead atoms. The fraction of sp³-hybridized carbons (Fsp3) is 0.444. The molecule has 0 fully saturated rings. The van der Waals surface area contributed by atoms with E-state index in [1.165, 1.54) is 0 Å². The highest BCUT2D eigenvalue weighted by molar-refractivity contribution is 14.1. The predicted octanol–water partition coefficient (Wildman–Crippen LogP) is 4.76. The minimum atomic E-state index is -0.121. The molecule has 2 rings (SSSR count). The third-order valence-corrected chi connectivity index (χ3v) is 4.25. The monoisotopic (exact) mass is 426 g/mol. The Hall–Kier alpha value is -1.37. The van der Waals surface area contributed by atoms with E-state index in [1.54, 1.807) is 0 Å². The van der Waals surface area contributed by atoms with Gasteiger partial charge in [0, 0.05) is 27.5 Å². The van der Waals surface area contributed by atoms with Crippen molar-refractivity contribution in [2.24, 2.45) is 0 Å². The molecular formula is C18H23IN2O2. The van der Waals surface area contributed by atoms with Crippen LogP contribution in [-0.2, 0) is 16.6 Å². The second kappa shape index (κ2) is 7.03. The van der Waals surface area contributed by atoms with Crippen LogP contribution in [0.4, 0.5) is 5.69 Å². The fourth-order valence-electron chi connectivity index (χ4n) is 2.19. The number of anilines is 1. The summed E-state index contributed by atoms with van der Waals surface area (Å²) < 4.78 is 6.98. The molecule has 0 aliphatic heterocycles. The number of nitrogens with zero attached hydrogens (tertiary/aromatic N) is 1. The van der Waals surface area contributed by atoms with Gasteiger partial charge in [0.1, 0.15) is 5.76 Å². The molecular weight excluding hydrogens is 403 g/mol. The topological polar surface area (TPSA) is 55.1 Å². The van der Waals surface area contributed by atoms with E-state index in [-0.39, 0.29) is 11.3 Å². The number of hydrogen-bond acceptors (Lipinski definition) is 3. The molecule has 1 aromatic carbocycles. The van der Waals surface area contributed by atoms with Gasteiger partial charge in [-0.25, -0.2) is 4.98 Å². The van der Waals surface area contributed by atoms with Gasteiger partial charge in [0.05, 0.1) is 5.69 Å². The summed E-state index contributed by atoms with van der Waals surface area (Å²) in [6, 6.07) is 5.97. The van der Waals surface area contributed by atoms with Gasteiger partial charge in [0.15, 0.2) is 5.89 Å². The van der Waals surface area contributed by atoms with Crippen molar-refractivity contribution in [2.75, 3.05) is 5.32 Å². The molecule has 0 saturated heterocycles. The Balaban J connectivity index is 1.98. The molecule has 0 atom stereocenters. The summed E-state index contributed by atoms with van der Waals surface area (Å²) >= 11 is 2.26. The fourth-order valence-corrected chi connectivity index (χ4v) is 2.83. The average molecular weight is 426 g/mol. The Morgan fingerprint density at radius 3 is 2.57 bits per heavy atom. The molecule has 0 saturated carbocycles. The van der Waals surface area contributed by atoms with Crippen molar-refractivity contribution >= 4 is 34.2 Å². The zero-order chi connectivity index (χ0) is 17.2. The minimum absolute atomic E-state index is 0.0117. The smallest absolute Gasteiger partial charge is 0.224 e. The summed E-state index contributed by atoms with van der Waals surface area (Å²) in [6.07, 6.45) is 0.940. The van der Waals surface area contributed by atoms with Crippen molar-refractivity contribution in [3.63, 3.8) is 0 Å². The first kappa shape index (κ1) is 18.0. The zero-order valence-corrected chi connectivity index (χ0v) is 16.4. The van der Waals surface area contributed by atoms with Gasteiger partial charge in [-0.1, -0.05) is 20.8 Å². The normalized spacial score (nSPS) is 11.6. The van der Waals surface area contributed by atoms with Gasteiger partial charge in [-0.15, -0.1) is 0 Å². The summed E-state index contributed by atoms with van der Waals surface area (Å²) in [6.45, 7) is 10.1. The number of benzene rings is 1. The van der Waals surface area contributed by atoms with Crippen LogP contribution in [-0.4, -0.2) is 10.9 Å². The number of carbonyl (C=O) groups is 1. The van der Waals surface area contributed by atoms with Crippen LogP contribution in [0.25, 0.3) is 0 Å². The third-order valence-electron chi connectivity index (χ3n) is 3.58. The van der Waals surface area contributed by atoms with Crippen LogP contribution in [0.15, 0.2) is 22.6 Å². The molecule has 0 unspecified atom stereocenters. The second-order valence-corrected chi connectivity index (χ2v) is 8.03. The molecule has 0 radical (unpaired) electrons. The van der Waals surface area contributed by atoms with E-state index in [0.29, 0.717) is 12.8 Å². The standard InChI is InChI=1S/C18H23IN2O2/c1-11-10-13(19)6-7-14(11)21-16(22)9-8-15-12(2)20-17(23-15)18(3,4)5/h6-7,10H,8-9H2,1-5H3,(H,21,22). The SMILES string of the molecule is Cc1cc(I)ccc1NC(=O)CCc1oc(C(C)(C)C)nc1C. The lowest BCUT2D eigenvalue weighted by molar-refractivity contribution is -0.116. The molecule has 4 nitrogen and oxygen atoms in total. The number of oxazole rings is 1. The van der Waals surface area contributed by atoms with Gasteiger partial charge in [-0.3, -0.25) is 4.79 Å². The van der Waals surface area contributed by atoms with Gasteiger partial charge in [-0.05, 0) is 60.2 Å². The summed E-state index contributed by atoms with van der Waals surface area (Å²) in [7, 11) is 0. The lowest BCUT2D eigenvalue weighted by Crippen LogP contribution is -2.13. The van der Waals surface area contributed by atoms with E-state index in [2.05, 4.69) is 53.7 Å². The maximum atomic E-state index is 12.2. The van der Waals surface area contributed by atoms with Gasteiger partial charge >= 0.3 is 0 Å². The molecule has 5 heteroatoms. The summed E-state index contributed by atoms with van der Waals surface area (Å²) in [4.78, 5) is 16.6. The van der Waals surface area contributed by atoms with Crippen molar-refractivity contribution in [1.29, 1.82) is 0 Å². The van der Waals surface area contributed by atoms with E-state index >= 15 is 0 Å². The Labute approximate surface area is 151 Å². The van der Waals surface area contributed by atoms with Gasteiger partial charge in [-0.2, -0.15) is 0 Å². The first-order chi connectivity index (χ1) is 10.7. The lowest BCUT2D eigenvalue weighted by atomic mass is 9.97. The van der Waals surface area contributed by atoms with E-state index in [4.69, 9.17) is 4.42 Å². The molecule has 124 valence electrons. The van der Waals surface area contributed by atoms with Gasteiger partial charge in [0.2, 0.25) is 5.91 Å². The summed E-state index contributed by atoms with van der Waals surface area (Å²) in [5, 5.41) is 2.96. The van der Waals surface area contributed by atoms with Crippen LogP contribution in [0.3, 0.4) is 0 Å². The molecule has 0 spiro atoms. The number of halogens is 1. The first-order valence-corrected chi connectivity index (χ1v) is 8.77. The zero-order valence-electron chi connectivity index (χ0n) is 14.3. The quantitative estimate of drug-likeness (QED) is 0.717. The number of aromatic nitrogens is 1. The number of hydrogen-bond donors (Lipinski definition) is 1. The van der Waals surface area contributed by atoms with Crippen molar-refractivity contribution in [2.45, 2.75) is 52.9 Å². The molecule has 1 heterocycles. The van der Waals surface area contributed by atoms with Crippen molar-refractivity contribution in [1.82, 2.24) is 4.98 Å². The number of nitrogens with one attached hydrogen (secondary N) is 1. The largest absolute Gasteiger partial charge is 0.445 e. The number of aryl methyl sites for hydroxylation is 3. The molecule has 1 N–H and O–H groups in total. The van der Waals surface area contributed by atoms with Crippen molar-refractivity contribution < 1.29 is 9.21 Å². The highest BCUT2D eigenvalue weighted by atomic mass is 127. The predicted molar refractivity (Wildman–Crippen MR) is 101 cm³/mol. The molecule has 1 aromatic heterocycles. The molecule has 23 heavy (non-hydrogen) atoms.